The van der Waals surface area contributed by atoms with Gasteiger partial charge in [-0.1, -0.05) is 13.0 Å². The summed E-state index contributed by atoms with van der Waals surface area (Å²) in [7, 11) is 1.59. The Balaban J connectivity index is 2.41. The molecule has 0 aromatic heterocycles. The van der Waals surface area contributed by atoms with E-state index in [1.807, 2.05) is 25.1 Å². The van der Waals surface area contributed by atoms with Crippen LogP contribution in [0.1, 0.15) is 19.8 Å². The van der Waals surface area contributed by atoms with Gasteiger partial charge in [-0.2, -0.15) is 0 Å². The van der Waals surface area contributed by atoms with E-state index < -0.39 is 0 Å². The number of methoxy groups -OCH3 is 1. The molecule has 1 aromatic carbocycles. The fraction of sp³-hybridized carbons (Fsp3) is 0.500. The van der Waals surface area contributed by atoms with Crippen LogP contribution in [0.2, 0.25) is 0 Å². The van der Waals surface area contributed by atoms with Crippen molar-refractivity contribution in [3.8, 4) is 5.75 Å². The molecule has 0 radical (unpaired) electrons. The maximum Gasteiger partial charge on any atom is 0.238 e. The van der Waals surface area contributed by atoms with E-state index in [4.69, 9.17) is 9.84 Å². The summed E-state index contributed by atoms with van der Waals surface area (Å²) in [5.41, 5.74) is 0.710. The fourth-order valence-electron chi connectivity index (χ4n) is 1.75. The van der Waals surface area contributed by atoms with E-state index in [2.05, 4.69) is 10.6 Å². The van der Waals surface area contributed by atoms with Gasteiger partial charge >= 0.3 is 0 Å². The van der Waals surface area contributed by atoms with Gasteiger partial charge in [-0.25, -0.2) is 0 Å². The van der Waals surface area contributed by atoms with Crippen molar-refractivity contribution in [3.63, 3.8) is 0 Å². The first-order valence-electron chi connectivity index (χ1n) is 6.47. The number of hydrogen-bond acceptors (Lipinski definition) is 4. The number of aliphatic hydroxyl groups excluding tert-OH is 1. The molecule has 1 unspecified atom stereocenters. The van der Waals surface area contributed by atoms with E-state index >= 15 is 0 Å². The standard InChI is InChI=1S/C14H22N2O3/c1-3-11(7-8-17)15-10-14(18)16-12-5-4-6-13(9-12)19-2/h4-6,9,11,15,17H,3,7-8,10H2,1-2H3,(H,16,18). The van der Waals surface area contributed by atoms with Crippen molar-refractivity contribution in [1.82, 2.24) is 5.32 Å². The van der Waals surface area contributed by atoms with Gasteiger partial charge in [0.25, 0.3) is 0 Å². The Morgan fingerprint density at radius 1 is 1.47 bits per heavy atom. The summed E-state index contributed by atoms with van der Waals surface area (Å²) in [4.78, 5) is 11.8. The molecule has 1 amide bonds. The predicted molar refractivity (Wildman–Crippen MR) is 75.4 cm³/mol. The van der Waals surface area contributed by atoms with Crippen LogP contribution in [0.25, 0.3) is 0 Å². The number of amides is 1. The number of anilines is 1. The molecule has 0 aliphatic heterocycles. The molecule has 0 aliphatic rings. The minimum atomic E-state index is -0.107. The smallest absolute Gasteiger partial charge is 0.238 e. The van der Waals surface area contributed by atoms with Crippen LogP contribution in [0.3, 0.4) is 0 Å². The number of carbonyl (C=O) groups excluding carboxylic acids is 1. The Morgan fingerprint density at radius 2 is 2.26 bits per heavy atom. The second kappa shape index (κ2) is 8.50. The molecule has 0 bridgehead atoms. The Morgan fingerprint density at radius 3 is 2.89 bits per heavy atom. The first-order chi connectivity index (χ1) is 9.19. The Labute approximate surface area is 114 Å². The molecule has 0 heterocycles. The molecule has 0 saturated heterocycles. The van der Waals surface area contributed by atoms with Crippen LogP contribution in [-0.4, -0.2) is 37.3 Å². The minimum Gasteiger partial charge on any atom is -0.497 e. The molecule has 106 valence electrons. The quantitative estimate of drug-likeness (QED) is 0.665. The van der Waals surface area contributed by atoms with Gasteiger partial charge in [0.1, 0.15) is 5.75 Å². The van der Waals surface area contributed by atoms with Crippen LogP contribution in [0.5, 0.6) is 5.75 Å². The second-order valence-corrected chi connectivity index (χ2v) is 4.28. The van der Waals surface area contributed by atoms with E-state index in [-0.39, 0.29) is 25.1 Å². The Bertz CT molecular complexity index is 396. The van der Waals surface area contributed by atoms with E-state index in [1.165, 1.54) is 0 Å². The molecule has 0 saturated carbocycles. The maximum atomic E-state index is 11.8. The van der Waals surface area contributed by atoms with Crippen molar-refractivity contribution in [2.24, 2.45) is 0 Å². The molecule has 0 aliphatic carbocycles. The van der Waals surface area contributed by atoms with Crippen LogP contribution >= 0.6 is 0 Å². The number of rotatable bonds is 8. The molecule has 5 nitrogen and oxygen atoms in total. The second-order valence-electron chi connectivity index (χ2n) is 4.28. The predicted octanol–water partition coefficient (Wildman–Crippen LogP) is 1.38. The van der Waals surface area contributed by atoms with Crippen molar-refractivity contribution in [1.29, 1.82) is 0 Å². The maximum absolute atomic E-state index is 11.8. The lowest BCUT2D eigenvalue weighted by Gasteiger charge is -2.15. The molecule has 0 fully saturated rings. The number of benzene rings is 1. The molecule has 1 atom stereocenters. The number of aliphatic hydroxyl groups is 1. The third kappa shape index (κ3) is 5.72. The van der Waals surface area contributed by atoms with Crippen LogP contribution in [0.15, 0.2) is 24.3 Å². The zero-order valence-corrected chi connectivity index (χ0v) is 11.5. The topological polar surface area (TPSA) is 70.6 Å². The molecule has 19 heavy (non-hydrogen) atoms. The number of carbonyl (C=O) groups is 1. The summed E-state index contributed by atoms with van der Waals surface area (Å²) < 4.78 is 5.09. The van der Waals surface area contributed by atoms with E-state index in [1.54, 1.807) is 13.2 Å². The lowest BCUT2D eigenvalue weighted by Crippen LogP contribution is -2.36. The van der Waals surface area contributed by atoms with Crippen molar-refractivity contribution in [2.45, 2.75) is 25.8 Å². The highest BCUT2D eigenvalue weighted by Crippen LogP contribution is 2.16. The van der Waals surface area contributed by atoms with Gasteiger partial charge in [0.15, 0.2) is 0 Å². The van der Waals surface area contributed by atoms with E-state index in [0.29, 0.717) is 17.9 Å². The number of hydrogen-bond donors (Lipinski definition) is 3. The highest BCUT2D eigenvalue weighted by Gasteiger charge is 2.08. The van der Waals surface area contributed by atoms with Crippen molar-refractivity contribution >= 4 is 11.6 Å². The van der Waals surface area contributed by atoms with Crippen molar-refractivity contribution in [2.75, 3.05) is 25.6 Å². The summed E-state index contributed by atoms with van der Waals surface area (Å²) in [6.45, 7) is 2.38. The molecule has 3 N–H and O–H groups in total. The summed E-state index contributed by atoms with van der Waals surface area (Å²) in [5.74, 6) is 0.599. The molecule has 1 aromatic rings. The van der Waals surface area contributed by atoms with Gasteiger partial charge in [-0.15, -0.1) is 0 Å². The van der Waals surface area contributed by atoms with E-state index in [0.717, 1.165) is 6.42 Å². The lowest BCUT2D eigenvalue weighted by atomic mass is 10.1. The first kappa shape index (κ1) is 15.5. The largest absolute Gasteiger partial charge is 0.497 e. The van der Waals surface area contributed by atoms with Crippen LogP contribution in [-0.2, 0) is 4.79 Å². The Hall–Kier alpha value is -1.59. The average molecular weight is 266 g/mol. The van der Waals surface area contributed by atoms with Crippen LogP contribution in [0, 0.1) is 0 Å². The first-order valence-corrected chi connectivity index (χ1v) is 6.47. The Kier molecular flexibility index (Phi) is 6.92. The van der Waals surface area contributed by atoms with Crippen molar-refractivity contribution < 1.29 is 14.6 Å². The molecule has 5 heteroatoms. The normalized spacial score (nSPS) is 11.9. The molecule has 0 spiro atoms. The molecular formula is C14H22N2O3. The highest BCUT2D eigenvalue weighted by atomic mass is 16.5. The average Bonchev–Trinajstić information content (AvgIpc) is 2.43. The third-order valence-electron chi connectivity index (χ3n) is 2.88. The van der Waals surface area contributed by atoms with Gasteiger partial charge < -0.3 is 20.5 Å². The monoisotopic (exact) mass is 266 g/mol. The molecular weight excluding hydrogens is 244 g/mol. The van der Waals surface area contributed by atoms with Gasteiger partial charge in [-0.05, 0) is 25.0 Å². The fourth-order valence-corrected chi connectivity index (χ4v) is 1.75. The number of ether oxygens (including phenoxy) is 1. The summed E-state index contributed by atoms with van der Waals surface area (Å²) in [6, 6.07) is 7.39. The zero-order valence-electron chi connectivity index (χ0n) is 11.5. The van der Waals surface area contributed by atoms with Gasteiger partial charge in [0.05, 0.1) is 13.7 Å². The number of nitrogens with one attached hydrogen (secondary N) is 2. The SMILES string of the molecule is CCC(CCO)NCC(=O)Nc1cccc(OC)c1. The summed E-state index contributed by atoms with van der Waals surface area (Å²) in [6.07, 6.45) is 1.54. The lowest BCUT2D eigenvalue weighted by molar-refractivity contribution is -0.115. The van der Waals surface area contributed by atoms with Crippen LogP contribution in [0.4, 0.5) is 5.69 Å². The van der Waals surface area contributed by atoms with Crippen LogP contribution < -0.4 is 15.4 Å². The summed E-state index contributed by atoms with van der Waals surface area (Å²) in [5, 5.41) is 14.8. The zero-order chi connectivity index (χ0) is 14.1. The van der Waals surface area contributed by atoms with Gasteiger partial charge in [0.2, 0.25) is 5.91 Å². The van der Waals surface area contributed by atoms with Crippen molar-refractivity contribution in [3.05, 3.63) is 24.3 Å². The highest BCUT2D eigenvalue weighted by molar-refractivity contribution is 5.92. The molecule has 1 rings (SSSR count). The minimum absolute atomic E-state index is 0.107. The summed E-state index contributed by atoms with van der Waals surface area (Å²) >= 11 is 0. The third-order valence-corrected chi connectivity index (χ3v) is 2.88. The van der Waals surface area contributed by atoms with E-state index in [9.17, 15) is 4.79 Å². The van der Waals surface area contributed by atoms with Gasteiger partial charge in [0, 0.05) is 24.4 Å². The van der Waals surface area contributed by atoms with Gasteiger partial charge in [-0.3, -0.25) is 4.79 Å².